The van der Waals surface area contributed by atoms with Crippen LogP contribution in [-0.2, 0) is 34.8 Å². The minimum atomic E-state index is -4.78. The second kappa shape index (κ2) is 12.5. The zero-order chi connectivity index (χ0) is 29.6. The van der Waals surface area contributed by atoms with E-state index in [2.05, 4.69) is 5.32 Å². The molecule has 1 aliphatic heterocycles. The molecular formula is C28H26F3NO8. The molecule has 40 heavy (non-hydrogen) atoms. The normalized spacial score (nSPS) is 15.2. The number of allylic oxidation sites excluding steroid dienone is 2. The standard InChI is InChI=1S/C28H26F3NO8/c1-15-22(26(35)37-4)24(18-9-5-7-11-20(18)28(29,30)31)23(16(2)32-15)27(36)39-14-13-38-25(34)19-10-6-8-12-21(19)40-17(3)33/h5-12,24,32H,13-14H2,1-4H3. The summed E-state index contributed by atoms with van der Waals surface area (Å²) in [5, 5.41) is 2.83. The molecule has 1 atom stereocenters. The number of benzene rings is 2. The van der Waals surface area contributed by atoms with E-state index in [0.717, 1.165) is 13.2 Å². The second-order valence-electron chi connectivity index (χ2n) is 8.57. The molecule has 2 aromatic carbocycles. The molecule has 212 valence electrons. The summed E-state index contributed by atoms with van der Waals surface area (Å²) in [6, 6.07) is 10.5. The summed E-state index contributed by atoms with van der Waals surface area (Å²) in [5.74, 6) is -4.93. The Morgan fingerprint density at radius 1 is 0.825 bits per heavy atom. The maximum absolute atomic E-state index is 13.9. The Labute approximate surface area is 227 Å². The molecule has 0 bridgehead atoms. The van der Waals surface area contributed by atoms with Gasteiger partial charge >= 0.3 is 30.1 Å². The number of dihydropyridines is 1. The number of alkyl halides is 3. The number of para-hydroxylation sites is 1. The van der Waals surface area contributed by atoms with Crippen LogP contribution in [0.15, 0.2) is 71.1 Å². The minimum absolute atomic E-state index is 0.0188. The molecule has 0 radical (unpaired) electrons. The number of ether oxygens (including phenoxy) is 4. The molecule has 2 aromatic rings. The van der Waals surface area contributed by atoms with Gasteiger partial charge in [-0.3, -0.25) is 4.79 Å². The van der Waals surface area contributed by atoms with Crippen LogP contribution in [0.3, 0.4) is 0 Å². The fraction of sp³-hybridized carbons (Fsp3) is 0.286. The van der Waals surface area contributed by atoms with Gasteiger partial charge in [-0.25, -0.2) is 14.4 Å². The van der Waals surface area contributed by atoms with E-state index in [4.69, 9.17) is 18.9 Å². The Kier molecular flexibility index (Phi) is 9.35. The Morgan fingerprint density at radius 2 is 1.38 bits per heavy atom. The second-order valence-corrected chi connectivity index (χ2v) is 8.57. The number of methoxy groups -OCH3 is 1. The molecule has 0 aliphatic carbocycles. The van der Waals surface area contributed by atoms with Gasteiger partial charge in [0, 0.05) is 18.3 Å². The monoisotopic (exact) mass is 561 g/mol. The third kappa shape index (κ3) is 6.68. The van der Waals surface area contributed by atoms with Gasteiger partial charge in [0.05, 0.1) is 29.7 Å². The van der Waals surface area contributed by atoms with E-state index in [1.807, 2.05) is 0 Å². The average molecular weight is 562 g/mol. The molecule has 1 unspecified atom stereocenters. The molecule has 0 fully saturated rings. The molecule has 0 saturated heterocycles. The lowest BCUT2D eigenvalue weighted by atomic mass is 9.78. The SMILES string of the molecule is COC(=O)C1=C(C)NC(C)=C(C(=O)OCCOC(=O)c2ccccc2OC(C)=O)C1c1ccccc1C(F)(F)F. The highest BCUT2D eigenvalue weighted by molar-refractivity contribution is 6.00. The number of nitrogens with one attached hydrogen (secondary N) is 1. The van der Waals surface area contributed by atoms with Crippen LogP contribution in [0.25, 0.3) is 0 Å². The Hall–Kier alpha value is -4.61. The Morgan fingerprint density at radius 3 is 1.98 bits per heavy atom. The van der Waals surface area contributed by atoms with Crippen LogP contribution in [0, 0.1) is 0 Å². The van der Waals surface area contributed by atoms with Gasteiger partial charge in [0.1, 0.15) is 24.5 Å². The van der Waals surface area contributed by atoms with E-state index < -0.39 is 54.7 Å². The van der Waals surface area contributed by atoms with Crippen molar-refractivity contribution in [2.75, 3.05) is 20.3 Å². The number of halogens is 3. The van der Waals surface area contributed by atoms with Gasteiger partial charge < -0.3 is 24.3 Å². The van der Waals surface area contributed by atoms with E-state index in [1.54, 1.807) is 6.07 Å². The molecule has 0 saturated carbocycles. The molecule has 1 N–H and O–H groups in total. The summed E-state index contributed by atoms with van der Waals surface area (Å²) in [6.07, 6.45) is -4.78. The molecular weight excluding hydrogens is 535 g/mol. The quantitative estimate of drug-likeness (QED) is 0.216. The first kappa shape index (κ1) is 29.9. The molecule has 12 heteroatoms. The summed E-state index contributed by atoms with van der Waals surface area (Å²) < 4.78 is 62.0. The maximum atomic E-state index is 13.9. The lowest BCUT2D eigenvalue weighted by Gasteiger charge is -2.31. The van der Waals surface area contributed by atoms with Crippen molar-refractivity contribution >= 4 is 23.9 Å². The lowest BCUT2D eigenvalue weighted by molar-refractivity contribution is -0.142. The van der Waals surface area contributed by atoms with Gasteiger partial charge in [-0.15, -0.1) is 0 Å². The van der Waals surface area contributed by atoms with Gasteiger partial charge in [0.15, 0.2) is 0 Å². The van der Waals surface area contributed by atoms with Gasteiger partial charge in [-0.05, 0) is 37.6 Å². The van der Waals surface area contributed by atoms with Gasteiger partial charge in [0.2, 0.25) is 0 Å². The van der Waals surface area contributed by atoms with Gasteiger partial charge in [-0.2, -0.15) is 13.2 Å². The molecule has 1 aliphatic rings. The van der Waals surface area contributed by atoms with Crippen molar-refractivity contribution in [1.82, 2.24) is 5.32 Å². The van der Waals surface area contributed by atoms with Crippen molar-refractivity contribution in [1.29, 1.82) is 0 Å². The topological polar surface area (TPSA) is 117 Å². The van der Waals surface area contributed by atoms with Gasteiger partial charge in [0.25, 0.3) is 0 Å². The fourth-order valence-electron chi connectivity index (χ4n) is 4.27. The van der Waals surface area contributed by atoms with Crippen LogP contribution in [0.4, 0.5) is 13.2 Å². The molecule has 0 aromatic heterocycles. The van der Waals surface area contributed by atoms with Crippen LogP contribution in [0.1, 0.15) is 48.2 Å². The Bertz CT molecular complexity index is 1390. The summed E-state index contributed by atoms with van der Waals surface area (Å²) in [5.41, 5.74) is -1.45. The summed E-state index contributed by atoms with van der Waals surface area (Å²) in [7, 11) is 1.08. The smallest absolute Gasteiger partial charge is 0.416 e. The number of hydrogen-bond acceptors (Lipinski definition) is 9. The zero-order valence-electron chi connectivity index (χ0n) is 22.0. The van der Waals surface area contributed by atoms with E-state index >= 15 is 0 Å². The van der Waals surface area contributed by atoms with Crippen molar-refractivity contribution in [2.45, 2.75) is 32.9 Å². The molecule has 9 nitrogen and oxygen atoms in total. The lowest BCUT2D eigenvalue weighted by Crippen LogP contribution is -2.33. The number of esters is 4. The highest BCUT2D eigenvalue weighted by Crippen LogP contribution is 2.44. The highest BCUT2D eigenvalue weighted by Gasteiger charge is 2.43. The number of rotatable bonds is 8. The largest absolute Gasteiger partial charge is 0.466 e. The van der Waals surface area contributed by atoms with Crippen LogP contribution < -0.4 is 10.1 Å². The van der Waals surface area contributed by atoms with Crippen molar-refractivity contribution in [3.8, 4) is 5.75 Å². The Balaban J connectivity index is 1.84. The summed E-state index contributed by atoms with van der Waals surface area (Å²) in [6.45, 7) is 3.24. The molecule has 0 spiro atoms. The average Bonchev–Trinajstić information content (AvgIpc) is 2.89. The number of carbonyl (C=O) groups excluding carboxylic acids is 4. The van der Waals surface area contributed by atoms with E-state index in [1.165, 1.54) is 57.2 Å². The van der Waals surface area contributed by atoms with E-state index in [-0.39, 0.29) is 39.4 Å². The predicted molar refractivity (Wildman–Crippen MR) is 134 cm³/mol. The highest BCUT2D eigenvalue weighted by atomic mass is 19.4. The van der Waals surface area contributed by atoms with E-state index in [9.17, 15) is 32.3 Å². The fourth-order valence-corrected chi connectivity index (χ4v) is 4.27. The van der Waals surface area contributed by atoms with Crippen LogP contribution in [-0.4, -0.2) is 44.2 Å². The van der Waals surface area contributed by atoms with Crippen molar-refractivity contribution in [3.05, 3.63) is 87.8 Å². The van der Waals surface area contributed by atoms with Crippen LogP contribution >= 0.6 is 0 Å². The van der Waals surface area contributed by atoms with Crippen molar-refractivity contribution < 1.29 is 51.3 Å². The van der Waals surface area contributed by atoms with E-state index in [0.29, 0.717) is 0 Å². The first-order valence-electron chi connectivity index (χ1n) is 11.9. The first-order chi connectivity index (χ1) is 18.9. The molecule has 1 heterocycles. The molecule has 3 rings (SSSR count). The first-order valence-corrected chi connectivity index (χ1v) is 11.9. The zero-order valence-corrected chi connectivity index (χ0v) is 22.0. The molecule has 0 amide bonds. The van der Waals surface area contributed by atoms with Crippen molar-refractivity contribution in [3.63, 3.8) is 0 Å². The minimum Gasteiger partial charge on any atom is -0.466 e. The number of hydrogen-bond donors (Lipinski definition) is 1. The third-order valence-corrected chi connectivity index (χ3v) is 5.87. The van der Waals surface area contributed by atoms with Crippen LogP contribution in [0.5, 0.6) is 5.75 Å². The third-order valence-electron chi connectivity index (χ3n) is 5.87. The maximum Gasteiger partial charge on any atom is 0.416 e. The predicted octanol–water partition coefficient (Wildman–Crippen LogP) is 4.44. The number of carbonyl (C=O) groups is 4. The summed E-state index contributed by atoms with van der Waals surface area (Å²) >= 11 is 0. The van der Waals surface area contributed by atoms with Crippen LogP contribution in [0.2, 0.25) is 0 Å². The van der Waals surface area contributed by atoms with Gasteiger partial charge in [-0.1, -0.05) is 30.3 Å². The summed E-state index contributed by atoms with van der Waals surface area (Å²) in [4.78, 5) is 49.7. The van der Waals surface area contributed by atoms with Crippen molar-refractivity contribution in [2.24, 2.45) is 0 Å².